The topological polar surface area (TPSA) is 30.0 Å². The predicted octanol–water partition coefficient (Wildman–Crippen LogP) is 4.40. The van der Waals surface area contributed by atoms with Crippen LogP contribution in [0.15, 0.2) is 60.7 Å². The third-order valence-electron chi connectivity index (χ3n) is 4.76. The van der Waals surface area contributed by atoms with Gasteiger partial charge in [0.25, 0.3) is 0 Å². The second kappa shape index (κ2) is 7.78. The zero-order valence-electron chi connectivity index (χ0n) is 15.1. The Hall–Kier alpha value is -1.90. The minimum atomic E-state index is 0. The molecule has 1 aliphatic rings. The molecule has 0 unspecified atom stereocenters. The summed E-state index contributed by atoms with van der Waals surface area (Å²) in [6, 6.07) is 19.9. The first-order valence-corrected chi connectivity index (χ1v) is 8.66. The van der Waals surface area contributed by atoms with Gasteiger partial charge < -0.3 is 9.96 Å². The minimum Gasteiger partial charge on any atom is -0.870 e. The maximum Gasteiger partial charge on any atom is 0.0815 e. The first-order chi connectivity index (χ1) is 11.0. The number of nitrogens with zero attached hydrogens (tertiary/aromatic N) is 1. The molecule has 2 heteroatoms. The van der Waals surface area contributed by atoms with Crippen LogP contribution in [-0.2, 0) is 12.8 Å². The number of benzene rings is 2. The van der Waals surface area contributed by atoms with Gasteiger partial charge in [0.2, 0.25) is 0 Å². The summed E-state index contributed by atoms with van der Waals surface area (Å²) in [4.78, 5) is 0. The van der Waals surface area contributed by atoms with E-state index in [4.69, 9.17) is 0 Å². The van der Waals surface area contributed by atoms with Crippen molar-refractivity contribution in [2.45, 2.75) is 19.3 Å². The summed E-state index contributed by atoms with van der Waals surface area (Å²) >= 11 is 0. The Morgan fingerprint density at radius 3 is 2.00 bits per heavy atom. The van der Waals surface area contributed by atoms with E-state index in [1.807, 2.05) is 0 Å². The van der Waals surface area contributed by atoms with Crippen LogP contribution < -0.4 is 0 Å². The first kappa shape index (κ1) is 18.4. The second-order valence-corrected chi connectivity index (χ2v) is 7.70. The van der Waals surface area contributed by atoms with Gasteiger partial charge in [-0.15, -0.1) is 0 Å². The van der Waals surface area contributed by atoms with Crippen LogP contribution in [-0.4, -0.2) is 37.6 Å². The molecule has 0 spiro atoms. The largest absolute Gasteiger partial charge is 0.870 e. The summed E-state index contributed by atoms with van der Waals surface area (Å²) in [6.07, 6.45) is 6.00. The molecule has 0 radical (unpaired) electrons. The minimum absolute atomic E-state index is 0. The maximum absolute atomic E-state index is 2.50. The average molecular weight is 323 g/mol. The van der Waals surface area contributed by atoms with Crippen LogP contribution in [0, 0.1) is 5.92 Å². The van der Waals surface area contributed by atoms with E-state index >= 15 is 0 Å². The van der Waals surface area contributed by atoms with Crippen LogP contribution in [0.4, 0.5) is 0 Å². The van der Waals surface area contributed by atoms with E-state index in [9.17, 15) is 0 Å². The average Bonchev–Trinajstić information content (AvgIpc) is 2.95. The molecule has 2 aromatic carbocycles. The highest BCUT2D eigenvalue weighted by molar-refractivity contribution is 5.69. The molecular weight excluding hydrogens is 294 g/mol. The highest BCUT2D eigenvalue weighted by atomic mass is 16.0. The Morgan fingerprint density at radius 1 is 0.917 bits per heavy atom. The number of fused-ring (bicyclic) bond motifs is 1. The lowest BCUT2D eigenvalue weighted by Gasteiger charge is -2.23. The van der Waals surface area contributed by atoms with Gasteiger partial charge in [-0.25, -0.2) is 0 Å². The molecule has 3 rings (SSSR count). The molecule has 0 aromatic heterocycles. The van der Waals surface area contributed by atoms with Gasteiger partial charge in [-0.05, 0) is 41.0 Å². The molecule has 0 aliphatic heterocycles. The molecule has 0 amide bonds. The number of hydrogen-bond acceptors (Lipinski definition) is 1. The third-order valence-corrected chi connectivity index (χ3v) is 4.76. The predicted molar refractivity (Wildman–Crippen MR) is 101 cm³/mol. The summed E-state index contributed by atoms with van der Waals surface area (Å²) in [5.41, 5.74) is 6.00. The molecule has 0 heterocycles. The monoisotopic (exact) mass is 323 g/mol. The van der Waals surface area contributed by atoms with Gasteiger partial charge >= 0.3 is 0 Å². The van der Waals surface area contributed by atoms with E-state index in [2.05, 4.69) is 81.8 Å². The van der Waals surface area contributed by atoms with Crippen molar-refractivity contribution in [3.63, 3.8) is 0 Å². The van der Waals surface area contributed by atoms with Crippen molar-refractivity contribution in [1.82, 2.24) is 0 Å². The lowest BCUT2D eigenvalue weighted by Crippen LogP contribution is -2.35. The van der Waals surface area contributed by atoms with Gasteiger partial charge in [0.1, 0.15) is 0 Å². The van der Waals surface area contributed by atoms with Crippen molar-refractivity contribution in [3.8, 4) is 0 Å². The van der Waals surface area contributed by atoms with Crippen molar-refractivity contribution >= 4 is 5.57 Å². The number of allylic oxidation sites excluding steroid dienone is 1. The number of quaternary nitrogens is 1. The van der Waals surface area contributed by atoms with Crippen molar-refractivity contribution in [3.05, 3.63) is 77.4 Å². The first-order valence-electron chi connectivity index (χ1n) is 8.66. The molecule has 128 valence electrons. The molecule has 0 saturated carbocycles. The Morgan fingerprint density at radius 2 is 1.46 bits per heavy atom. The fraction of sp³-hybridized carbons (Fsp3) is 0.364. The third kappa shape index (κ3) is 4.56. The summed E-state index contributed by atoms with van der Waals surface area (Å²) < 4.78 is 1.02. The highest BCUT2D eigenvalue weighted by Crippen LogP contribution is 2.36. The van der Waals surface area contributed by atoms with Crippen LogP contribution in [0.25, 0.3) is 5.57 Å². The highest BCUT2D eigenvalue weighted by Gasteiger charge is 2.24. The SMILES string of the molecule is C[N+](C)(C)CC/C=C(/c1ccccc1)C1Cc2ccccc2C1.[OH-]. The van der Waals surface area contributed by atoms with Crippen molar-refractivity contribution in [2.75, 3.05) is 27.7 Å². The van der Waals surface area contributed by atoms with Gasteiger partial charge in [-0.1, -0.05) is 60.7 Å². The second-order valence-electron chi connectivity index (χ2n) is 7.70. The van der Waals surface area contributed by atoms with E-state index in [0.29, 0.717) is 5.92 Å². The zero-order valence-corrected chi connectivity index (χ0v) is 15.1. The molecule has 0 bridgehead atoms. The number of rotatable bonds is 5. The van der Waals surface area contributed by atoms with Gasteiger partial charge in [0.05, 0.1) is 27.7 Å². The Kier molecular flexibility index (Phi) is 5.98. The molecule has 2 nitrogen and oxygen atoms in total. The molecule has 1 aliphatic carbocycles. The maximum atomic E-state index is 2.50. The summed E-state index contributed by atoms with van der Waals surface area (Å²) in [6.45, 7) is 1.18. The van der Waals surface area contributed by atoms with Crippen LogP contribution in [0.1, 0.15) is 23.1 Å². The van der Waals surface area contributed by atoms with Crippen LogP contribution in [0.2, 0.25) is 0 Å². The van der Waals surface area contributed by atoms with E-state index in [-0.39, 0.29) is 5.48 Å². The van der Waals surface area contributed by atoms with E-state index < -0.39 is 0 Å². The van der Waals surface area contributed by atoms with Crippen LogP contribution in [0.5, 0.6) is 0 Å². The van der Waals surface area contributed by atoms with Crippen molar-refractivity contribution in [1.29, 1.82) is 0 Å². The van der Waals surface area contributed by atoms with E-state index in [1.165, 1.54) is 41.6 Å². The summed E-state index contributed by atoms with van der Waals surface area (Å²) in [7, 11) is 6.80. The van der Waals surface area contributed by atoms with Gasteiger partial charge in [-0.3, -0.25) is 0 Å². The standard InChI is InChI=1S/C22H28N.H2O/c1-23(2,3)15-9-14-22(18-10-5-4-6-11-18)21-16-19-12-7-8-13-20(19)17-21;/h4-8,10-14,21H,9,15-17H2,1-3H3;1H2/q+1;/p-1/b22-14-;. The van der Waals surface area contributed by atoms with Crippen LogP contribution in [0.3, 0.4) is 0 Å². The van der Waals surface area contributed by atoms with E-state index in [0.717, 1.165) is 10.9 Å². The zero-order chi connectivity index (χ0) is 16.3. The number of hydrogen-bond donors (Lipinski definition) is 0. The summed E-state index contributed by atoms with van der Waals surface area (Å²) in [5.74, 6) is 0.627. The molecule has 24 heavy (non-hydrogen) atoms. The fourth-order valence-electron chi connectivity index (χ4n) is 3.54. The molecule has 0 atom stereocenters. The van der Waals surface area contributed by atoms with Crippen molar-refractivity contribution < 1.29 is 9.96 Å². The molecule has 2 aromatic rings. The van der Waals surface area contributed by atoms with Crippen molar-refractivity contribution in [2.24, 2.45) is 5.92 Å². The lowest BCUT2D eigenvalue weighted by atomic mass is 9.89. The Balaban J connectivity index is 0.00000208. The Labute approximate surface area is 146 Å². The fourth-order valence-corrected chi connectivity index (χ4v) is 3.54. The molecular formula is C22H29NO. The van der Waals surface area contributed by atoms with E-state index in [1.54, 1.807) is 0 Å². The van der Waals surface area contributed by atoms with Gasteiger partial charge in [-0.2, -0.15) is 0 Å². The van der Waals surface area contributed by atoms with Gasteiger partial charge in [0.15, 0.2) is 0 Å². The Bertz CT molecular complexity index is 658. The lowest BCUT2D eigenvalue weighted by molar-refractivity contribution is -0.869. The quantitative estimate of drug-likeness (QED) is 0.750. The van der Waals surface area contributed by atoms with Crippen LogP contribution >= 0.6 is 0 Å². The molecule has 0 fully saturated rings. The summed E-state index contributed by atoms with van der Waals surface area (Å²) in [5, 5.41) is 0. The normalized spacial score (nSPS) is 15.0. The van der Waals surface area contributed by atoms with Gasteiger partial charge in [0, 0.05) is 6.42 Å². The molecule has 1 N–H and O–H groups in total. The smallest absolute Gasteiger partial charge is 0.0815 e. The molecule has 0 saturated heterocycles.